The Morgan fingerprint density at radius 1 is 1.42 bits per heavy atom. The normalized spacial score (nSPS) is 10.8. The van der Waals surface area contributed by atoms with Gasteiger partial charge in [-0.3, -0.25) is 19.5 Å². The van der Waals surface area contributed by atoms with Crippen molar-refractivity contribution < 1.29 is 14.3 Å². The highest BCUT2D eigenvalue weighted by atomic mass is 79.9. The molecule has 0 unspecified atom stereocenters. The maximum atomic E-state index is 12.9. The number of hydrogen-bond acceptors (Lipinski definition) is 6. The molecule has 26 heavy (non-hydrogen) atoms. The number of halogens is 1. The van der Waals surface area contributed by atoms with Crippen molar-refractivity contribution in [1.82, 2.24) is 14.9 Å². The van der Waals surface area contributed by atoms with Crippen LogP contribution in [-0.2, 0) is 16.1 Å². The number of nitrogens with one attached hydrogen (secondary N) is 1. The monoisotopic (exact) mass is 442 g/mol. The van der Waals surface area contributed by atoms with Gasteiger partial charge in [0.15, 0.2) is 5.16 Å². The number of amides is 3. The highest BCUT2D eigenvalue weighted by Crippen LogP contribution is 2.20. The molecule has 1 heterocycles. The van der Waals surface area contributed by atoms with Crippen molar-refractivity contribution in [2.45, 2.75) is 25.0 Å². The first-order valence-corrected chi connectivity index (χ1v) is 9.70. The van der Waals surface area contributed by atoms with Crippen molar-refractivity contribution >= 4 is 50.5 Å². The van der Waals surface area contributed by atoms with Crippen molar-refractivity contribution in [3.63, 3.8) is 0 Å². The molecule has 1 aromatic carbocycles. The van der Waals surface area contributed by atoms with Crippen LogP contribution in [0.15, 0.2) is 32.6 Å². The van der Waals surface area contributed by atoms with Crippen molar-refractivity contribution in [3.8, 4) is 0 Å². The Labute approximate surface area is 162 Å². The minimum Gasteiger partial charge on any atom is -0.382 e. The number of rotatable bonds is 8. The van der Waals surface area contributed by atoms with E-state index in [1.807, 2.05) is 12.2 Å². The average Bonchev–Trinajstić information content (AvgIpc) is 2.58. The van der Waals surface area contributed by atoms with Gasteiger partial charge >= 0.3 is 6.03 Å². The number of nitrogens with zero attached hydrogens (tertiary/aromatic N) is 2. The molecule has 0 radical (unpaired) electrons. The Morgan fingerprint density at radius 3 is 2.88 bits per heavy atom. The molecule has 0 saturated carbocycles. The third-order valence-corrected chi connectivity index (χ3v) is 4.82. The first-order valence-electron chi connectivity index (χ1n) is 7.92. The van der Waals surface area contributed by atoms with Gasteiger partial charge in [0, 0.05) is 24.2 Å². The molecular formula is C16H19BrN4O4S. The molecule has 140 valence electrons. The van der Waals surface area contributed by atoms with Gasteiger partial charge in [0.25, 0.3) is 5.56 Å². The molecule has 3 N–H and O–H groups in total. The van der Waals surface area contributed by atoms with Gasteiger partial charge in [-0.15, -0.1) is 0 Å². The molecule has 1 aromatic heterocycles. The number of primary amides is 1. The Balaban J connectivity index is 2.32. The highest BCUT2D eigenvalue weighted by Gasteiger charge is 2.14. The third kappa shape index (κ3) is 5.55. The molecule has 0 fully saturated rings. The summed E-state index contributed by atoms with van der Waals surface area (Å²) in [5.41, 5.74) is 5.28. The molecule has 10 heteroatoms. The van der Waals surface area contributed by atoms with E-state index in [0.29, 0.717) is 42.2 Å². The second kappa shape index (κ2) is 9.70. The van der Waals surface area contributed by atoms with Crippen molar-refractivity contribution in [3.05, 3.63) is 33.0 Å². The molecule has 0 bridgehead atoms. The minimum atomic E-state index is -0.916. The van der Waals surface area contributed by atoms with E-state index in [-0.39, 0.29) is 11.3 Å². The maximum absolute atomic E-state index is 12.9. The number of ether oxygens (including phenoxy) is 1. The molecule has 2 rings (SSSR count). The van der Waals surface area contributed by atoms with Crippen molar-refractivity contribution in [2.24, 2.45) is 5.73 Å². The number of nitrogens with two attached hydrogens (primary N) is 1. The lowest BCUT2D eigenvalue weighted by Gasteiger charge is -2.13. The van der Waals surface area contributed by atoms with Crippen LogP contribution < -0.4 is 16.6 Å². The van der Waals surface area contributed by atoms with Gasteiger partial charge in [-0.05, 0) is 31.5 Å². The predicted octanol–water partition coefficient (Wildman–Crippen LogP) is 1.87. The van der Waals surface area contributed by atoms with Gasteiger partial charge in [-0.25, -0.2) is 9.78 Å². The van der Waals surface area contributed by atoms with Crippen molar-refractivity contribution in [2.75, 3.05) is 19.0 Å². The first kappa shape index (κ1) is 20.4. The summed E-state index contributed by atoms with van der Waals surface area (Å²) in [7, 11) is 0. The van der Waals surface area contributed by atoms with E-state index in [0.717, 1.165) is 16.2 Å². The average molecular weight is 443 g/mol. The van der Waals surface area contributed by atoms with E-state index in [1.165, 1.54) is 4.57 Å². The SMILES string of the molecule is CCOCCCn1c(SCC(=O)NC(N)=O)nc2ccc(Br)cc2c1=O. The summed E-state index contributed by atoms with van der Waals surface area (Å²) < 4.78 is 7.63. The number of hydrogen-bond donors (Lipinski definition) is 2. The topological polar surface area (TPSA) is 116 Å². The van der Waals surface area contributed by atoms with Crippen LogP contribution in [0.2, 0.25) is 0 Å². The van der Waals surface area contributed by atoms with Gasteiger partial charge in [0.2, 0.25) is 5.91 Å². The first-order chi connectivity index (χ1) is 12.4. The van der Waals surface area contributed by atoms with Crippen LogP contribution in [0.25, 0.3) is 10.9 Å². The lowest BCUT2D eigenvalue weighted by Crippen LogP contribution is -2.36. The van der Waals surface area contributed by atoms with Gasteiger partial charge in [-0.1, -0.05) is 27.7 Å². The van der Waals surface area contributed by atoms with Crippen LogP contribution >= 0.6 is 27.7 Å². The molecule has 2 aromatic rings. The number of aromatic nitrogens is 2. The van der Waals surface area contributed by atoms with Crippen LogP contribution in [0.1, 0.15) is 13.3 Å². The quantitative estimate of drug-likeness (QED) is 0.366. The molecule has 0 aliphatic rings. The number of carbonyl (C=O) groups excluding carboxylic acids is 2. The number of benzene rings is 1. The van der Waals surface area contributed by atoms with Crippen LogP contribution in [0, 0.1) is 0 Å². The lowest BCUT2D eigenvalue weighted by molar-refractivity contribution is -0.117. The zero-order chi connectivity index (χ0) is 19.1. The van der Waals surface area contributed by atoms with Gasteiger partial charge < -0.3 is 10.5 Å². The summed E-state index contributed by atoms with van der Waals surface area (Å²) in [5, 5.41) is 2.88. The number of urea groups is 1. The van der Waals surface area contributed by atoms with Crippen LogP contribution in [0.4, 0.5) is 4.79 Å². The predicted molar refractivity (Wildman–Crippen MR) is 103 cm³/mol. The van der Waals surface area contributed by atoms with Gasteiger partial charge in [-0.2, -0.15) is 0 Å². The maximum Gasteiger partial charge on any atom is 0.318 e. The molecule has 0 aliphatic heterocycles. The zero-order valence-electron chi connectivity index (χ0n) is 14.2. The van der Waals surface area contributed by atoms with Crippen LogP contribution in [0.5, 0.6) is 0 Å². The molecule has 8 nitrogen and oxygen atoms in total. The summed E-state index contributed by atoms with van der Waals surface area (Å²) >= 11 is 4.43. The fourth-order valence-corrected chi connectivity index (χ4v) is 3.44. The number of thioether (sulfide) groups is 1. The molecule has 0 atom stereocenters. The highest BCUT2D eigenvalue weighted by molar-refractivity contribution is 9.10. The zero-order valence-corrected chi connectivity index (χ0v) is 16.6. The van der Waals surface area contributed by atoms with E-state index in [4.69, 9.17) is 10.5 Å². The second-order valence-corrected chi connectivity index (χ2v) is 7.12. The van der Waals surface area contributed by atoms with Gasteiger partial charge in [0.05, 0.1) is 16.7 Å². The molecule has 0 aliphatic carbocycles. The Hall–Kier alpha value is -1.91. The van der Waals surface area contributed by atoms with E-state index in [9.17, 15) is 14.4 Å². The fraction of sp³-hybridized carbons (Fsp3) is 0.375. The third-order valence-electron chi connectivity index (χ3n) is 3.35. The molecule has 0 saturated heterocycles. The van der Waals surface area contributed by atoms with Gasteiger partial charge in [0.1, 0.15) is 0 Å². The largest absolute Gasteiger partial charge is 0.382 e. The number of carbonyl (C=O) groups is 2. The summed E-state index contributed by atoms with van der Waals surface area (Å²) in [4.78, 5) is 39.8. The molecular weight excluding hydrogens is 424 g/mol. The minimum absolute atomic E-state index is 0.0805. The van der Waals surface area contributed by atoms with E-state index in [1.54, 1.807) is 18.2 Å². The Morgan fingerprint density at radius 2 is 2.19 bits per heavy atom. The van der Waals surface area contributed by atoms with E-state index >= 15 is 0 Å². The Bertz CT molecular complexity index is 871. The molecule has 0 spiro atoms. The van der Waals surface area contributed by atoms with Crippen molar-refractivity contribution in [1.29, 1.82) is 0 Å². The summed E-state index contributed by atoms with van der Waals surface area (Å²) in [6, 6.07) is 4.33. The summed E-state index contributed by atoms with van der Waals surface area (Å²) in [5.74, 6) is -0.628. The fourth-order valence-electron chi connectivity index (χ4n) is 2.25. The van der Waals surface area contributed by atoms with Crippen LogP contribution in [-0.4, -0.2) is 40.5 Å². The molecule has 3 amide bonds. The number of fused-ring (bicyclic) bond motifs is 1. The second-order valence-electron chi connectivity index (χ2n) is 5.26. The smallest absolute Gasteiger partial charge is 0.318 e. The summed E-state index contributed by atoms with van der Waals surface area (Å²) in [6.07, 6.45) is 0.635. The number of imide groups is 1. The standard InChI is InChI=1S/C16H19BrN4O4S/c1-2-25-7-3-6-21-14(23)11-8-10(17)4-5-12(11)19-16(21)26-9-13(22)20-15(18)24/h4-5,8H,2-3,6-7,9H2,1H3,(H3,18,20,22,24). The Kier molecular flexibility index (Phi) is 7.61. The van der Waals surface area contributed by atoms with E-state index in [2.05, 4.69) is 20.9 Å². The van der Waals surface area contributed by atoms with Crippen LogP contribution in [0.3, 0.4) is 0 Å². The lowest BCUT2D eigenvalue weighted by atomic mass is 10.2. The summed E-state index contributed by atoms with van der Waals surface area (Å²) in [6.45, 7) is 3.44. The van der Waals surface area contributed by atoms with E-state index < -0.39 is 11.9 Å².